The van der Waals surface area contributed by atoms with E-state index in [0.29, 0.717) is 10.6 Å². The van der Waals surface area contributed by atoms with Gasteiger partial charge in [0.1, 0.15) is 16.6 Å². The molecule has 31 heavy (non-hydrogen) atoms. The lowest BCUT2D eigenvalue weighted by atomic mass is 9.84. The molecule has 7 heteroatoms. The highest BCUT2D eigenvalue weighted by Crippen LogP contribution is 2.50. The molecular weight excluding hydrogens is 410 g/mol. The molecule has 1 N–H and O–H groups in total. The zero-order chi connectivity index (χ0) is 23.0. The van der Waals surface area contributed by atoms with Gasteiger partial charge in [0.05, 0.1) is 12.0 Å². The second-order valence-electron chi connectivity index (χ2n) is 9.69. The van der Waals surface area contributed by atoms with Crippen molar-refractivity contribution in [3.63, 3.8) is 0 Å². The van der Waals surface area contributed by atoms with E-state index in [2.05, 4.69) is 31.8 Å². The van der Waals surface area contributed by atoms with Gasteiger partial charge in [0, 0.05) is 17.1 Å². The van der Waals surface area contributed by atoms with Gasteiger partial charge in [0.2, 0.25) is 0 Å². The van der Waals surface area contributed by atoms with Gasteiger partial charge < -0.3 is 10.0 Å². The van der Waals surface area contributed by atoms with Crippen molar-refractivity contribution in [1.82, 2.24) is 9.88 Å². The molecule has 0 bridgehead atoms. The minimum absolute atomic E-state index is 0.0315. The molecule has 1 aromatic heterocycles. The number of carboxylic acids is 1. The highest BCUT2D eigenvalue weighted by molar-refractivity contribution is 7.09. The van der Waals surface area contributed by atoms with E-state index in [1.54, 1.807) is 23.7 Å². The Kier molecular flexibility index (Phi) is 6.24. The van der Waals surface area contributed by atoms with Crippen LogP contribution in [0.1, 0.15) is 74.4 Å². The molecule has 1 saturated heterocycles. The van der Waals surface area contributed by atoms with Crippen LogP contribution in [-0.2, 0) is 10.2 Å². The number of nitriles is 1. The van der Waals surface area contributed by atoms with Crippen LogP contribution in [0.3, 0.4) is 0 Å². The molecule has 1 fully saturated rings. The smallest absolute Gasteiger partial charge is 0.329 e. The first-order valence-electron chi connectivity index (χ1n) is 10.5. The Bertz CT molecular complexity index is 987. The van der Waals surface area contributed by atoms with Gasteiger partial charge in [-0.2, -0.15) is 5.26 Å². The molecule has 1 aliphatic heterocycles. The topological polar surface area (TPSA) is 94.3 Å². The van der Waals surface area contributed by atoms with Crippen molar-refractivity contribution < 1.29 is 14.7 Å². The van der Waals surface area contributed by atoms with Crippen molar-refractivity contribution in [2.45, 2.75) is 64.5 Å². The lowest BCUT2D eigenvalue weighted by Crippen LogP contribution is -2.54. The van der Waals surface area contributed by atoms with E-state index in [-0.39, 0.29) is 30.1 Å². The summed E-state index contributed by atoms with van der Waals surface area (Å²) >= 11 is 1.34. The molecule has 0 aliphatic carbocycles. The lowest BCUT2D eigenvalue weighted by Gasteiger charge is -2.38. The van der Waals surface area contributed by atoms with Gasteiger partial charge in [-0.1, -0.05) is 46.8 Å². The summed E-state index contributed by atoms with van der Waals surface area (Å²) in [5.41, 5.74) is -0.0106. The van der Waals surface area contributed by atoms with Crippen molar-refractivity contribution in [3.05, 3.63) is 52.0 Å². The highest BCUT2D eigenvalue weighted by Gasteiger charge is 2.59. The number of likely N-dealkylation sites (tertiary alicyclic amines) is 1. The van der Waals surface area contributed by atoms with E-state index in [1.165, 1.54) is 16.2 Å². The first-order chi connectivity index (χ1) is 14.5. The molecule has 0 spiro atoms. The maximum Gasteiger partial charge on any atom is 0.329 e. The Hall–Kier alpha value is -2.72. The molecule has 6 nitrogen and oxygen atoms in total. The minimum atomic E-state index is -1.45. The van der Waals surface area contributed by atoms with Gasteiger partial charge in [-0.25, -0.2) is 9.78 Å². The first-order valence-corrected chi connectivity index (χ1v) is 11.4. The SMILES string of the molecule is CC(C)C[C@@]1(C(=O)O)C[C@@H](C#N)[C@H](c2nccs2)N1C(=O)c1ccc(C(C)(C)C)cc1. The van der Waals surface area contributed by atoms with E-state index in [0.717, 1.165) is 5.56 Å². The Morgan fingerprint density at radius 3 is 2.42 bits per heavy atom. The summed E-state index contributed by atoms with van der Waals surface area (Å²) in [6.07, 6.45) is 1.99. The molecule has 0 saturated carbocycles. The van der Waals surface area contributed by atoms with Crippen molar-refractivity contribution in [2.24, 2.45) is 11.8 Å². The maximum absolute atomic E-state index is 13.8. The zero-order valence-corrected chi connectivity index (χ0v) is 19.4. The third-order valence-corrected chi connectivity index (χ3v) is 6.76. The first kappa shape index (κ1) is 23.0. The number of thiazole rings is 1. The predicted molar refractivity (Wildman–Crippen MR) is 120 cm³/mol. The van der Waals surface area contributed by atoms with Crippen molar-refractivity contribution in [3.8, 4) is 6.07 Å². The van der Waals surface area contributed by atoms with Gasteiger partial charge >= 0.3 is 5.97 Å². The maximum atomic E-state index is 13.8. The monoisotopic (exact) mass is 439 g/mol. The summed E-state index contributed by atoms with van der Waals surface area (Å²) in [4.78, 5) is 32.2. The summed E-state index contributed by atoms with van der Waals surface area (Å²) in [6, 6.07) is 8.90. The Morgan fingerprint density at radius 2 is 1.97 bits per heavy atom. The lowest BCUT2D eigenvalue weighted by molar-refractivity contribution is -0.150. The summed E-state index contributed by atoms with van der Waals surface area (Å²) in [7, 11) is 0. The van der Waals surface area contributed by atoms with Gasteiger partial charge in [0.15, 0.2) is 0 Å². The number of aromatic nitrogens is 1. The Labute approximate surface area is 187 Å². The van der Waals surface area contributed by atoms with Crippen LogP contribution in [0.2, 0.25) is 0 Å². The van der Waals surface area contributed by atoms with E-state index < -0.39 is 23.5 Å². The van der Waals surface area contributed by atoms with Gasteiger partial charge in [-0.05, 0) is 41.9 Å². The number of carbonyl (C=O) groups is 2. The summed E-state index contributed by atoms with van der Waals surface area (Å²) in [5.74, 6) is -2.05. The number of amides is 1. The fourth-order valence-electron chi connectivity index (χ4n) is 4.51. The number of hydrogen-bond donors (Lipinski definition) is 1. The second-order valence-corrected chi connectivity index (χ2v) is 10.6. The predicted octanol–water partition coefficient (Wildman–Crippen LogP) is 5.04. The van der Waals surface area contributed by atoms with Gasteiger partial charge in [-0.15, -0.1) is 11.3 Å². The van der Waals surface area contributed by atoms with E-state index in [9.17, 15) is 20.0 Å². The van der Waals surface area contributed by atoms with Crippen molar-refractivity contribution in [1.29, 1.82) is 5.26 Å². The van der Waals surface area contributed by atoms with E-state index in [4.69, 9.17) is 0 Å². The van der Waals surface area contributed by atoms with Crippen LogP contribution in [0.5, 0.6) is 0 Å². The number of aliphatic carboxylic acids is 1. The zero-order valence-electron chi connectivity index (χ0n) is 18.6. The molecule has 0 radical (unpaired) electrons. The molecule has 1 aliphatic rings. The van der Waals surface area contributed by atoms with Crippen LogP contribution in [0.15, 0.2) is 35.8 Å². The summed E-state index contributed by atoms with van der Waals surface area (Å²) in [6.45, 7) is 10.2. The van der Waals surface area contributed by atoms with Crippen LogP contribution in [0.4, 0.5) is 0 Å². The highest BCUT2D eigenvalue weighted by atomic mass is 32.1. The van der Waals surface area contributed by atoms with Gasteiger partial charge in [0.25, 0.3) is 5.91 Å². The summed E-state index contributed by atoms with van der Waals surface area (Å²) < 4.78 is 0. The number of nitrogens with zero attached hydrogens (tertiary/aromatic N) is 3. The van der Waals surface area contributed by atoms with Gasteiger partial charge in [-0.3, -0.25) is 4.79 Å². The Morgan fingerprint density at radius 1 is 1.32 bits per heavy atom. The number of benzene rings is 1. The van der Waals surface area contributed by atoms with Crippen LogP contribution in [0.25, 0.3) is 0 Å². The van der Waals surface area contributed by atoms with Crippen molar-refractivity contribution in [2.75, 3.05) is 0 Å². The Balaban J connectivity index is 2.14. The standard InChI is InChI=1S/C24H29N3O3S/c1-15(2)12-24(22(29)30)13-17(14-25)19(20-26-10-11-31-20)27(24)21(28)16-6-8-18(9-7-16)23(3,4)5/h6-11,15,17,19H,12-13H2,1-5H3,(H,29,30)/t17-,19+,24-/m0/s1. The number of carbonyl (C=O) groups excluding carboxylic acids is 1. The third kappa shape index (κ3) is 4.22. The average Bonchev–Trinajstić information content (AvgIpc) is 3.32. The molecule has 1 aromatic carbocycles. The van der Waals surface area contributed by atoms with Crippen LogP contribution < -0.4 is 0 Å². The van der Waals surface area contributed by atoms with Crippen LogP contribution >= 0.6 is 11.3 Å². The minimum Gasteiger partial charge on any atom is -0.479 e. The molecule has 3 rings (SSSR count). The number of carboxylic acid groups (broad SMARTS) is 1. The second kappa shape index (κ2) is 8.43. The fourth-order valence-corrected chi connectivity index (χ4v) is 5.30. The molecule has 0 unspecified atom stereocenters. The van der Waals surface area contributed by atoms with Crippen LogP contribution in [-0.4, -0.2) is 32.4 Å². The third-order valence-electron chi connectivity index (χ3n) is 5.91. The molecular formula is C24H29N3O3S. The number of rotatable bonds is 5. The average molecular weight is 440 g/mol. The molecule has 2 heterocycles. The molecule has 1 amide bonds. The molecule has 2 aromatic rings. The normalized spacial score (nSPS) is 23.7. The molecule has 3 atom stereocenters. The summed E-state index contributed by atoms with van der Waals surface area (Å²) in [5, 5.41) is 22.6. The fraction of sp³-hybridized carbons (Fsp3) is 0.500. The van der Waals surface area contributed by atoms with Crippen molar-refractivity contribution >= 4 is 23.2 Å². The van der Waals surface area contributed by atoms with Crippen LogP contribution in [0, 0.1) is 23.2 Å². The molecule has 164 valence electrons. The van der Waals surface area contributed by atoms with E-state index >= 15 is 0 Å². The van der Waals surface area contributed by atoms with E-state index in [1.807, 2.05) is 26.0 Å². The largest absolute Gasteiger partial charge is 0.479 e. The number of hydrogen-bond acceptors (Lipinski definition) is 5. The quantitative estimate of drug-likeness (QED) is 0.704.